The Hall–Kier alpha value is -2.02. The van der Waals surface area contributed by atoms with Crippen molar-refractivity contribution in [1.82, 2.24) is 0 Å². The fraction of sp³-hybridized carbons (Fsp3) is 0.125. The van der Waals surface area contributed by atoms with Crippen molar-refractivity contribution in [1.29, 1.82) is 0 Å². The van der Waals surface area contributed by atoms with Crippen LogP contribution in [-0.4, -0.2) is 0 Å². The zero-order chi connectivity index (χ0) is 12.1. The van der Waals surface area contributed by atoms with Gasteiger partial charge in [0.15, 0.2) is 0 Å². The molecule has 0 fully saturated rings. The Morgan fingerprint density at radius 1 is 1.00 bits per heavy atom. The molecular weight excluding hydrogens is 208 g/mol. The molecule has 0 unspecified atom stereocenters. The molecule has 0 aromatic heterocycles. The van der Waals surface area contributed by atoms with Crippen LogP contribution in [0.2, 0.25) is 0 Å². The second-order valence-corrected chi connectivity index (χ2v) is 4.00. The summed E-state index contributed by atoms with van der Waals surface area (Å²) in [6, 6.07) is 18.1. The molecule has 86 valence electrons. The van der Waals surface area contributed by atoms with Crippen molar-refractivity contribution < 1.29 is 4.74 Å². The number of rotatable bonds is 4. The Morgan fingerprint density at radius 2 is 1.65 bits per heavy atom. The van der Waals surface area contributed by atoms with Crippen LogP contribution in [0, 0.1) is 6.92 Å². The number of aryl methyl sites for hydroxylation is 1. The zero-order valence-electron chi connectivity index (χ0n) is 9.97. The van der Waals surface area contributed by atoms with E-state index in [-0.39, 0.29) is 6.10 Å². The molecule has 0 bridgehead atoms. The van der Waals surface area contributed by atoms with Crippen molar-refractivity contribution in [2.45, 2.75) is 13.0 Å². The van der Waals surface area contributed by atoms with Gasteiger partial charge in [-0.05, 0) is 30.7 Å². The maximum absolute atomic E-state index is 5.87. The topological polar surface area (TPSA) is 9.23 Å². The Kier molecular flexibility index (Phi) is 3.61. The SMILES string of the molecule is C=C[C@H](Oc1ccccc1)c1ccc(C)cc1. The molecule has 1 nitrogen and oxygen atoms in total. The molecule has 0 heterocycles. The summed E-state index contributed by atoms with van der Waals surface area (Å²) < 4.78 is 5.87. The van der Waals surface area contributed by atoms with Crippen LogP contribution in [0.4, 0.5) is 0 Å². The number of para-hydroxylation sites is 1. The third-order valence-electron chi connectivity index (χ3n) is 2.63. The first-order chi connectivity index (χ1) is 8.29. The maximum Gasteiger partial charge on any atom is 0.142 e. The molecule has 0 aliphatic carbocycles. The molecule has 0 radical (unpaired) electrons. The van der Waals surface area contributed by atoms with Crippen LogP contribution in [0.1, 0.15) is 17.2 Å². The van der Waals surface area contributed by atoms with Crippen LogP contribution in [0.25, 0.3) is 0 Å². The molecule has 0 spiro atoms. The van der Waals surface area contributed by atoms with E-state index >= 15 is 0 Å². The highest BCUT2D eigenvalue weighted by Crippen LogP contribution is 2.22. The monoisotopic (exact) mass is 224 g/mol. The molecule has 1 atom stereocenters. The predicted octanol–water partition coefficient (Wildman–Crippen LogP) is 4.30. The van der Waals surface area contributed by atoms with Crippen LogP contribution >= 0.6 is 0 Å². The van der Waals surface area contributed by atoms with Crippen molar-refractivity contribution >= 4 is 0 Å². The van der Waals surface area contributed by atoms with E-state index < -0.39 is 0 Å². The van der Waals surface area contributed by atoms with Crippen LogP contribution in [0.5, 0.6) is 5.75 Å². The van der Waals surface area contributed by atoms with Gasteiger partial charge in [0.2, 0.25) is 0 Å². The standard InChI is InChI=1S/C16H16O/c1-3-16(14-11-9-13(2)10-12-14)17-15-7-5-4-6-8-15/h3-12,16H,1H2,2H3/t16-/m0/s1. The van der Waals surface area contributed by atoms with E-state index in [9.17, 15) is 0 Å². The molecule has 0 N–H and O–H groups in total. The van der Waals surface area contributed by atoms with Gasteiger partial charge in [-0.3, -0.25) is 0 Å². The fourth-order valence-electron chi connectivity index (χ4n) is 1.65. The van der Waals surface area contributed by atoms with Gasteiger partial charge in [0, 0.05) is 0 Å². The largest absolute Gasteiger partial charge is 0.482 e. The fourth-order valence-corrected chi connectivity index (χ4v) is 1.65. The third-order valence-corrected chi connectivity index (χ3v) is 2.63. The summed E-state index contributed by atoms with van der Waals surface area (Å²) in [5.41, 5.74) is 2.37. The van der Waals surface area contributed by atoms with Crippen LogP contribution in [-0.2, 0) is 0 Å². The van der Waals surface area contributed by atoms with Gasteiger partial charge in [-0.15, -0.1) is 0 Å². The van der Waals surface area contributed by atoms with E-state index in [2.05, 4.69) is 37.8 Å². The average Bonchev–Trinajstić information content (AvgIpc) is 2.38. The van der Waals surface area contributed by atoms with Gasteiger partial charge < -0.3 is 4.74 Å². The Labute approximate surface area is 102 Å². The lowest BCUT2D eigenvalue weighted by molar-refractivity contribution is 0.256. The smallest absolute Gasteiger partial charge is 0.142 e. The number of ether oxygens (including phenoxy) is 1. The first-order valence-corrected chi connectivity index (χ1v) is 5.70. The van der Waals surface area contributed by atoms with Crippen molar-refractivity contribution in [2.75, 3.05) is 0 Å². The molecule has 1 heteroatoms. The lowest BCUT2D eigenvalue weighted by Gasteiger charge is -2.16. The van der Waals surface area contributed by atoms with Crippen molar-refractivity contribution in [3.63, 3.8) is 0 Å². The van der Waals surface area contributed by atoms with E-state index in [4.69, 9.17) is 4.74 Å². The van der Waals surface area contributed by atoms with Gasteiger partial charge >= 0.3 is 0 Å². The van der Waals surface area contributed by atoms with Crippen molar-refractivity contribution in [3.05, 3.63) is 78.4 Å². The van der Waals surface area contributed by atoms with Gasteiger partial charge in [-0.1, -0.05) is 54.6 Å². The minimum Gasteiger partial charge on any atom is -0.482 e. The normalized spacial score (nSPS) is 11.8. The van der Waals surface area contributed by atoms with E-state index in [1.807, 2.05) is 36.4 Å². The first-order valence-electron chi connectivity index (χ1n) is 5.70. The van der Waals surface area contributed by atoms with Gasteiger partial charge in [0.05, 0.1) is 0 Å². The van der Waals surface area contributed by atoms with Gasteiger partial charge in [0.25, 0.3) is 0 Å². The number of hydrogen-bond donors (Lipinski definition) is 0. The Bertz CT molecular complexity index is 471. The lowest BCUT2D eigenvalue weighted by atomic mass is 10.1. The summed E-state index contributed by atoms with van der Waals surface area (Å²) in [5, 5.41) is 0. The summed E-state index contributed by atoms with van der Waals surface area (Å²) >= 11 is 0. The number of benzene rings is 2. The van der Waals surface area contributed by atoms with Crippen LogP contribution in [0.3, 0.4) is 0 Å². The van der Waals surface area contributed by atoms with Crippen molar-refractivity contribution in [2.24, 2.45) is 0 Å². The third kappa shape index (κ3) is 2.97. The Balaban J connectivity index is 2.17. The molecule has 2 aromatic carbocycles. The van der Waals surface area contributed by atoms with Gasteiger partial charge in [-0.2, -0.15) is 0 Å². The highest BCUT2D eigenvalue weighted by atomic mass is 16.5. The Morgan fingerprint density at radius 3 is 2.24 bits per heavy atom. The molecular formula is C16H16O. The van der Waals surface area contributed by atoms with Crippen LogP contribution < -0.4 is 4.74 Å². The highest BCUT2D eigenvalue weighted by Gasteiger charge is 2.08. The lowest BCUT2D eigenvalue weighted by Crippen LogP contribution is -2.04. The summed E-state index contributed by atoms with van der Waals surface area (Å²) in [6.07, 6.45) is 1.72. The van der Waals surface area contributed by atoms with E-state index in [0.29, 0.717) is 0 Å². The maximum atomic E-state index is 5.87. The van der Waals surface area contributed by atoms with Crippen LogP contribution in [0.15, 0.2) is 67.3 Å². The summed E-state index contributed by atoms with van der Waals surface area (Å²) in [7, 11) is 0. The molecule has 0 saturated heterocycles. The second kappa shape index (κ2) is 5.35. The quantitative estimate of drug-likeness (QED) is 0.703. The minimum absolute atomic E-state index is 0.0991. The average molecular weight is 224 g/mol. The summed E-state index contributed by atoms with van der Waals surface area (Å²) in [6.45, 7) is 5.91. The van der Waals surface area contributed by atoms with Gasteiger partial charge in [-0.25, -0.2) is 0 Å². The molecule has 17 heavy (non-hydrogen) atoms. The molecule has 2 rings (SSSR count). The van der Waals surface area contributed by atoms with E-state index in [1.54, 1.807) is 0 Å². The minimum atomic E-state index is -0.0991. The summed E-state index contributed by atoms with van der Waals surface area (Å²) in [5.74, 6) is 0.859. The second-order valence-electron chi connectivity index (χ2n) is 4.00. The highest BCUT2D eigenvalue weighted by molar-refractivity contribution is 5.28. The molecule has 0 aliphatic rings. The van der Waals surface area contributed by atoms with E-state index in [0.717, 1.165) is 11.3 Å². The summed E-state index contributed by atoms with van der Waals surface area (Å²) in [4.78, 5) is 0. The van der Waals surface area contributed by atoms with E-state index in [1.165, 1.54) is 5.56 Å². The van der Waals surface area contributed by atoms with Gasteiger partial charge in [0.1, 0.15) is 11.9 Å². The zero-order valence-corrected chi connectivity index (χ0v) is 9.97. The molecule has 0 amide bonds. The molecule has 0 aliphatic heterocycles. The molecule has 2 aromatic rings. The number of hydrogen-bond acceptors (Lipinski definition) is 1. The van der Waals surface area contributed by atoms with Crippen molar-refractivity contribution in [3.8, 4) is 5.75 Å². The molecule has 0 saturated carbocycles. The predicted molar refractivity (Wildman–Crippen MR) is 71.2 cm³/mol. The first kappa shape index (κ1) is 11.5.